The molecule has 0 fully saturated rings. The van der Waals surface area contributed by atoms with Crippen molar-refractivity contribution in [2.45, 2.75) is 33.8 Å². The number of ether oxygens (including phenoxy) is 2. The van der Waals surface area contributed by atoms with Gasteiger partial charge in [-0.3, -0.25) is 0 Å². The smallest absolute Gasteiger partial charge is 0.127 e. The van der Waals surface area contributed by atoms with E-state index in [0.717, 1.165) is 28.5 Å². The third-order valence-electron chi connectivity index (χ3n) is 4.36. The summed E-state index contributed by atoms with van der Waals surface area (Å²) in [5, 5.41) is 0. The molecule has 0 spiro atoms. The van der Waals surface area contributed by atoms with E-state index >= 15 is 0 Å². The average Bonchev–Trinajstić information content (AvgIpc) is 2.64. The molecule has 4 nitrogen and oxygen atoms in total. The lowest BCUT2D eigenvalue weighted by Gasteiger charge is -2.25. The average molecular weight is 352 g/mol. The fraction of sp³-hybridized carbons (Fsp3) is 0.273. The number of anilines is 2. The van der Waals surface area contributed by atoms with Crippen LogP contribution in [-0.2, 0) is 0 Å². The molecule has 0 saturated carbocycles. The highest BCUT2D eigenvalue weighted by atomic mass is 16.5. The zero-order valence-electron chi connectivity index (χ0n) is 15.9. The Morgan fingerprint density at radius 3 is 1.77 bits per heavy atom. The van der Waals surface area contributed by atoms with Gasteiger partial charge < -0.3 is 20.9 Å². The van der Waals surface area contributed by atoms with Crippen molar-refractivity contribution in [2.75, 3.05) is 11.5 Å². The maximum absolute atomic E-state index is 6.08. The fourth-order valence-corrected chi connectivity index (χ4v) is 2.69. The van der Waals surface area contributed by atoms with Crippen LogP contribution in [0.5, 0.6) is 11.5 Å². The molecule has 0 aromatic heterocycles. The summed E-state index contributed by atoms with van der Waals surface area (Å²) < 4.78 is 12.2. The minimum absolute atomic E-state index is 0.0326. The van der Waals surface area contributed by atoms with Gasteiger partial charge in [-0.05, 0) is 81.0 Å². The standard InChI is InChI=1S/C22H28N2O2/c1-5-21(22(6-2)26-20-13-9-18(24)10-14-20)15(3)16(4)25-19-11-7-17(23)8-12-19/h5-16H,23-24H2,1-4H3/b21-5+,22-6-/t15-,16-/m0/s1. The lowest BCUT2D eigenvalue weighted by Crippen LogP contribution is -2.24. The molecule has 2 aromatic rings. The van der Waals surface area contributed by atoms with Crippen LogP contribution in [0.25, 0.3) is 0 Å². The number of benzene rings is 2. The molecule has 0 bridgehead atoms. The van der Waals surface area contributed by atoms with Gasteiger partial charge >= 0.3 is 0 Å². The summed E-state index contributed by atoms with van der Waals surface area (Å²) in [7, 11) is 0. The van der Waals surface area contributed by atoms with E-state index in [1.54, 1.807) is 0 Å². The predicted molar refractivity (Wildman–Crippen MR) is 109 cm³/mol. The van der Waals surface area contributed by atoms with Gasteiger partial charge in [-0.25, -0.2) is 0 Å². The summed E-state index contributed by atoms with van der Waals surface area (Å²) in [5.41, 5.74) is 14.0. The summed E-state index contributed by atoms with van der Waals surface area (Å²) in [5.74, 6) is 2.51. The maximum Gasteiger partial charge on any atom is 0.127 e. The van der Waals surface area contributed by atoms with Crippen molar-refractivity contribution in [2.24, 2.45) is 5.92 Å². The minimum atomic E-state index is -0.0326. The molecule has 138 valence electrons. The highest BCUT2D eigenvalue weighted by molar-refractivity contribution is 5.43. The second-order valence-corrected chi connectivity index (χ2v) is 6.25. The normalized spacial score (nSPS) is 14.6. The van der Waals surface area contributed by atoms with Gasteiger partial charge in [0.05, 0.1) is 0 Å². The van der Waals surface area contributed by atoms with Crippen LogP contribution in [0.3, 0.4) is 0 Å². The summed E-state index contributed by atoms with van der Waals surface area (Å²) in [6.45, 7) is 8.17. The maximum atomic E-state index is 6.08. The second-order valence-electron chi connectivity index (χ2n) is 6.25. The molecule has 0 heterocycles. The first-order valence-electron chi connectivity index (χ1n) is 8.83. The number of hydrogen-bond donors (Lipinski definition) is 2. The van der Waals surface area contributed by atoms with Crippen molar-refractivity contribution < 1.29 is 9.47 Å². The van der Waals surface area contributed by atoms with Crippen LogP contribution >= 0.6 is 0 Å². The highest BCUT2D eigenvalue weighted by Crippen LogP contribution is 2.28. The first-order valence-corrected chi connectivity index (χ1v) is 8.83. The Kier molecular flexibility index (Phi) is 6.73. The summed E-state index contributed by atoms with van der Waals surface area (Å²) in [4.78, 5) is 0. The quantitative estimate of drug-likeness (QED) is 0.409. The van der Waals surface area contributed by atoms with Crippen LogP contribution in [0.2, 0.25) is 0 Å². The molecule has 0 radical (unpaired) electrons. The molecular weight excluding hydrogens is 324 g/mol. The van der Waals surface area contributed by atoms with E-state index < -0.39 is 0 Å². The number of allylic oxidation sites excluding steroid dienone is 3. The molecule has 0 aliphatic rings. The zero-order valence-corrected chi connectivity index (χ0v) is 15.9. The van der Waals surface area contributed by atoms with Crippen molar-refractivity contribution in [3.05, 3.63) is 72.0 Å². The van der Waals surface area contributed by atoms with Crippen LogP contribution in [-0.4, -0.2) is 6.10 Å². The molecule has 0 unspecified atom stereocenters. The molecule has 4 heteroatoms. The molecule has 0 aliphatic heterocycles. The largest absolute Gasteiger partial charge is 0.490 e. The van der Waals surface area contributed by atoms with Crippen LogP contribution in [0.15, 0.2) is 72.0 Å². The van der Waals surface area contributed by atoms with E-state index in [1.807, 2.05) is 68.5 Å². The molecule has 0 saturated heterocycles. The van der Waals surface area contributed by atoms with E-state index in [4.69, 9.17) is 20.9 Å². The van der Waals surface area contributed by atoms with Crippen molar-refractivity contribution in [3.63, 3.8) is 0 Å². The van der Waals surface area contributed by atoms with E-state index in [2.05, 4.69) is 19.9 Å². The molecule has 0 aliphatic carbocycles. The molecule has 2 aromatic carbocycles. The van der Waals surface area contributed by atoms with Gasteiger partial charge in [0, 0.05) is 17.3 Å². The summed E-state index contributed by atoms with van der Waals surface area (Å²) >= 11 is 0. The van der Waals surface area contributed by atoms with Gasteiger partial charge in [0.15, 0.2) is 0 Å². The third kappa shape index (κ3) is 5.06. The van der Waals surface area contributed by atoms with E-state index in [-0.39, 0.29) is 12.0 Å². The van der Waals surface area contributed by atoms with E-state index in [1.165, 1.54) is 0 Å². The van der Waals surface area contributed by atoms with Gasteiger partial charge in [-0.1, -0.05) is 13.0 Å². The number of nitrogen functional groups attached to an aromatic ring is 2. The number of nitrogens with two attached hydrogens (primary N) is 2. The third-order valence-corrected chi connectivity index (χ3v) is 4.36. The monoisotopic (exact) mass is 352 g/mol. The fourth-order valence-electron chi connectivity index (χ4n) is 2.69. The van der Waals surface area contributed by atoms with Gasteiger partial charge in [0.2, 0.25) is 0 Å². The second kappa shape index (κ2) is 8.99. The Morgan fingerprint density at radius 1 is 0.808 bits per heavy atom. The van der Waals surface area contributed by atoms with Crippen LogP contribution in [0.1, 0.15) is 27.7 Å². The first kappa shape index (κ1) is 19.4. The van der Waals surface area contributed by atoms with Crippen molar-refractivity contribution in [3.8, 4) is 11.5 Å². The minimum Gasteiger partial charge on any atom is -0.490 e. The molecule has 0 amide bonds. The lowest BCUT2D eigenvalue weighted by molar-refractivity contribution is 0.175. The Morgan fingerprint density at radius 2 is 1.31 bits per heavy atom. The zero-order chi connectivity index (χ0) is 19.1. The molecule has 2 rings (SSSR count). The number of hydrogen-bond acceptors (Lipinski definition) is 4. The summed E-state index contributed by atoms with van der Waals surface area (Å²) in [6.07, 6.45) is 4.01. The topological polar surface area (TPSA) is 70.5 Å². The highest BCUT2D eigenvalue weighted by Gasteiger charge is 2.22. The van der Waals surface area contributed by atoms with Gasteiger partial charge in [0.25, 0.3) is 0 Å². The Hall–Kier alpha value is -2.88. The molecular formula is C22H28N2O2. The van der Waals surface area contributed by atoms with Crippen molar-refractivity contribution >= 4 is 11.4 Å². The first-order chi connectivity index (χ1) is 12.4. The van der Waals surface area contributed by atoms with Crippen LogP contribution < -0.4 is 20.9 Å². The van der Waals surface area contributed by atoms with E-state index in [9.17, 15) is 0 Å². The molecule has 2 atom stereocenters. The number of rotatable bonds is 7. The Balaban J connectivity index is 2.11. The van der Waals surface area contributed by atoms with Crippen LogP contribution in [0, 0.1) is 5.92 Å². The predicted octanol–water partition coefficient (Wildman–Crippen LogP) is 5.18. The molecule has 4 N–H and O–H groups in total. The molecule has 26 heavy (non-hydrogen) atoms. The van der Waals surface area contributed by atoms with E-state index in [0.29, 0.717) is 5.69 Å². The summed E-state index contributed by atoms with van der Waals surface area (Å²) in [6, 6.07) is 14.8. The van der Waals surface area contributed by atoms with Gasteiger partial charge in [-0.2, -0.15) is 0 Å². The SMILES string of the molecule is C/C=C(Oc1ccc(N)cc1)/C(=C/C)[C@@H](C)[C@H](C)Oc1ccc(N)cc1. The van der Waals surface area contributed by atoms with Gasteiger partial charge in [0.1, 0.15) is 23.4 Å². The van der Waals surface area contributed by atoms with Crippen molar-refractivity contribution in [1.82, 2.24) is 0 Å². The van der Waals surface area contributed by atoms with Crippen molar-refractivity contribution in [1.29, 1.82) is 0 Å². The Bertz CT molecular complexity index is 762. The lowest BCUT2D eigenvalue weighted by atomic mass is 9.93. The Labute approximate surface area is 156 Å². The van der Waals surface area contributed by atoms with Gasteiger partial charge in [-0.15, -0.1) is 0 Å². The van der Waals surface area contributed by atoms with Crippen LogP contribution in [0.4, 0.5) is 11.4 Å².